The quantitative estimate of drug-likeness (QED) is 0.135. The summed E-state index contributed by atoms with van der Waals surface area (Å²) >= 11 is 16.2. The number of benzene rings is 4. The second kappa shape index (κ2) is 18.6. The molecule has 342 valence electrons. The molecular weight excluding hydrogens is 948 g/mol. The molecule has 1 aliphatic heterocycles. The Morgan fingerprint density at radius 3 is 1.38 bits per heavy atom. The van der Waals surface area contributed by atoms with Gasteiger partial charge in [-0.1, -0.05) is 71.7 Å². The van der Waals surface area contributed by atoms with Crippen LogP contribution in [0.1, 0.15) is 51.9 Å². The zero-order valence-corrected chi connectivity index (χ0v) is 42.1. The molecule has 66 heavy (non-hydrogen) atoms. The van der Waals surface area contributed by atoms with E-state index in [4.69, 9.17) is 39.1 Å². The predicted molar refractivity (Wildman–Crippen MR) is 272 cm³/mol. The highest BCUT2D eigenvalue weighted by atomic mass is 35.5. The van der Waals surface area contributed by atoms with Crippen LogP contribution < -0.4 is 5.73 Å². The zero-order valence-electron chi connectivity index (χ0n) is 37.4. The first-order valence-corrected chi connectivity index (χ1v) is 27.4. The Kier molecular flexibility index (Phi) is 13.4. The van der Waals surface area contributed by atoms with Crippen molar-refractivity contribution in [2.24, 2.45) is 5.73 Å². The van der Waals surface area contributed by atoms with Crippen LogP contribution in [0.2, 0.25) is 10.0 Å². The first kappa shape index (κ1) is 47.6. The van der Waals surface area contributed by atoms with Gasteiger partial charge in [-0.15, -0.1) is 22.7 Å². The highest BCUT2D eigenvalue weighted by Gasteiger charge is 2.34. The number of rotatable bonds is 11. The zero-order chi connectivity index (χ0) is 47.2. The first-order valence-electron chi connectivity index (χ1n) is 21.2. The second-order valence-electron chi connectivity index (χ2n) is 17.5. The topological polar surface area (TPSA) is 133 Å². The fourth-order valence-electron chi connectivity index (χ4n) is 7.80. The lowest BCUT2D eigenvalue weighted by Crippen LogP contribution is -2.39. The minimum Gasteiger partial charge on any atom is -0.321 e. The largest absolute Gasteiger partial charge is 0.321 e. The van der Waals surface area contributed by atoms with Gasteiger partial charge in [-0.05, 0) is 150 Å². The van der Waals surface area contributed by atoms with E-state index >= 15 is 0 Å². The van der Waals surface area contributed by atoms with Crippen LogP contribution in [0.5, 0.6) is 0 Å². The van der Waals surface area contributed by atoms with E-state index in [1.807, 2.05) is 108 Å². The van der Waals surface area contributed by atoms with E-state index in [9.17, 15) is 16.8 Å². The molecule has 8 aromatic rings. The highest BCUT2D eigenvalue weighted by molar-refractivity contribution is 7.91. The summed E-state index contributed by atoms with van der Waals surface area (Å²) in [6.07, 6.45) is 4.87. The van der Waals surface area contributed by atoms with Crippen molar-refractivity contribution in [3.8, 4) is 53.4 Å². The predicted octanol–water partition coefficient (Wildman–Crippen LogP) is 12.2. The first-order chi connectivity index (χ1) is 31.2. The molecule has 16 heteroatoms. The Morgan fingerprint density at radius 2 is 0.955 bits per heavy atom. The molecule has 0 unspecified atom stereocenters. The molecule has 0 spiro atoms. The summed E-state index contributed by atoms with van der Waals surface area (Å²) in [7, 11) is -6.55. The summed E-state index contributed by atoms with van der Waals surface area (Å²) < 4.78 is 51.8. The van der Waals surface area contributed by atoms with E-state index in [-0.39, 0.29) is 5.54 Å². The summed E-state index contributed by atoms with van der Waals surface area (Å²) in [5.74, 6) is 0. The monoisotopic (exact) mass is 996 g/mol. The minimum atomic E-state index is -3.28. The van der Waals surface area contributed by atoms with Gasteiger partial charge in [0.15, 0.2) is 19.7 Å². The normalized spacial score (nSPS) is 13.8. The lowest BCUT2D eigenvalue weighted by atomic mass is 9.98. The Balaban J connectivity index is 0.000000181. The van der Waals surface area contributed by atoms with E-state index < -0.39 is 25.2 Å². The molecule has 0 bridgehead atoms. The van der Waals surface area contributed by atoms with Crippen LogP contribution in [0.15, 0.2) is 143 Å². The summed E-state index contributed by atoms with van der Waals surface area (Å²) in [4.78, 5) is 7.09. The van der Waals surface area contributed by atoms with Crippen molar-refractivity contribution in [1.29, 1.82) is 0 Å². The van der Waals surface area contributed by atoms with Crippen LogP contribution in [-0.4, -0.2) is 66.9 Å². The number of sulfone groups is 2. The van der Waals surface area contributed by atoms with Crippen LogP contribution >= 0.6 is 45.9 Å². The maximum Gasteiger partial charge on any atom is 0.175 e. The van der Waals surface area contributed by atoms with E-state index in [1.165, 1.54) is 25.4 Å². The molecule has 0 atom stereocenters. The Hall–Kier alpha value is -4.90. The standard InChI is InChI=1S/C27H28ClN3O2S2.C23H22ClN3O2S2/c1-27(2,30-15-6-7-16-30)26-18-23(31(29-26)22-12-5-4-11-21(22)28)25-14-13-24(34-25)19-9-8-10-20(17-19)35(3,32)33;1-23(2,25)22-14-19(27(26-22)18-10-5-4-9-17(18)24)21-12-11-20(30-21)15-7-6-8-16(13-15)31(3,28)29/h4-5,8-14,17-18H,6-7,15-16H2,1-3H3;4-14H,25H2,1-3H3. The van der Waals surface area contributed by atoms with Crippen LogP contribution in [0.3, 0.4) is 0 Å². The van der Waals surface area contributed by atoms with E-state index in [2.05, 4.69) is 30.9 Å². The molecule has 0 amide bonds. The summed E-state index contributed by atoms with van der Waals surface area (Å²) in [6.45, 7) is 10.4. The van der Waals surface area contributed by atoms with Gasteiger partial charge < -0.3 is 5.73 Å². The molecule has 1 fully saturated rings. The van der Waals surface area contributed by atoms with Crippen molar-refractivity contribution in [1.82, 2.24) is 24.5 Å². The van der Waals surface area contributed by atoms with E-state index in [1.54, 1.807) is 59.1 Å². The molecule has 4 aromatic heterocycles. The maximum absolute atomic E-state index is 12.1. The van der Waals surface area contributed by atoms with Crippen molar-refractivity contribution in [3.05, 3.63) is 155 Å². The van der Waals surface area contributed by atoms with Gasteiger partial charge in [0.2, 0.25) is 0 Å². The van der Waals surface area contributed by atoms with E-state index in [0.717, 1.165) is 77.9 Å². The van der Waals surface area contributed by atoms with Gasteiger partial charge >= 0.3 is 0 Å². The summed E-state index contributed by atoms with van der Waals surface area (Å²) in [6, 6.07) is 41.6. The summed E-state index contributed by atoms with van der Waals surface area (Å²) in [5.41, 5.74) is 12.4. The van der Waals surface area contributed by atoms with E-state index in [0.29, 0.717) is 19.8 Å². The van der Waals surface area contributed by atoms with Gasteiger partial charge in [0.05, 0.1) is 74.8 Å². The van der Waals surface area contributed by atoms with Crippen molar-refractivity contribution < 1.29 is 16.8 Å². The maximum atomic E-state index is 12.1. The van der Waals surface area contributed by atoms with Crippen LogP contribution in [0.4, 0.5) is 0 Å². The Labute approximate surface area is 405 Å². The number of aromatic nitrogens is 4. The second-order valence-corrected chi connectivity index (χ2v) is 24.5. The lowest BCUT2D eigenvalue weighted by molar-refractivity contribution is 0.150. The van der Waals surface area contributed by atoms with Crippen LogP contribution in [-0.2, 0) is 30.8 Å². The van der Waals surface area contributed by atoms with Crippen LogP contribution in [0, 0.1) is 0 Å². The summed E-state index contributed by atoms with van der Waals surface area (Å²) in [5, 5.41) is 11.1. The van der Waals surface area contributed by atoms with Crippen molar-refractivity contribution >= 4 is 65.5 Å². The Morgan fingerprint density at radius 1 is 0.545 bits per heavy atom. The van der Waals surface area contributed by atoms with Crippen LogP contribution in [0.25, 0.3) is 53.4 Å². The molecule has 9 rings (SSSR count). The third-order valence-electron chi connectivity index (χ3n) is 11.6. The number of hydrogen-bond donors (Lipinski definition) is 1. The van der Waals surface area contributed by atoms with Gasteiger partial charge in [0, 0.05) is 22.3 Å². The number of nitrogens with two attached hydrogens (primary N) is 1. The molecule has 0 radical (unpaired) electrons. The molecule has 0 saturated carbocycles. The fraction of sp³-hybridized carbons (Fsp3) is 0.240. The number of nitrogens with zero attached hydrogens (tertiary/aromatic N) is 5. The Bertz CT molecular complexity index is 3280. The minimum absolute atomic E-state index is 0.207. The third-order valence-corrected chi connectivity index (χ3v) is 16.7. The van der Waals surface area contributed by atoms with Gasteiger partial charge in [-0.25, -0.2) is 26.2 Å². The third kappa shape index (κ3) is 10.2. The molecule has 1 saturated heterocycles. The molecule has 5 heterocycles. The highest BCUT2D eigenvalue weighted by Crippen LogP contribution is 2.41. The average Bonchev–Trinajstić information content (AvgIpc) is 4.13. The van der Waals surface area contributed by atoms with Crippen molar-refractivity contribution in [2.75, 3.05) is 25.6 Å². The molecule has 4 aromatic carbocycles. The van der Waals surface area contributed by atoms with Crippen molar-refractivity contribution in [3.63, 3.8) is 0 Å². The van der Waals surface area contributed by atoms with Gasteiger partial charge in [-0.2, -0.15) is 10.2 Å². The molecule has 2 N–H and O–H groups in total. The average molecular weight is 998 g/mol. The molecule has 0 aliphatic carbocycles. The molecular formula is C50H50Cl2N6O4S4. The fourth-order valence-corrected chi connectivity index (χ4v) is 11.6. The van der Waals surface area contributed by atoms with Gasteiger partial charge in [0.1, 0.15) is 0 Å². The number of thiophene rings is 2. The molecule has 1 aliphatic rings. The van der Waals surface area contributed by atoms with Gasteiger partial charge in [0.25, 0.3) is 0 Å². The number of halogens is 2. The smallest absolute Gasteiger partial charge is 0.175 e. The SMILES string of the molecule is CC(C)(N)c1cc(-c2ccc(-c3cccc(S(C)(=O)=O)c3)s2)n(-c2ccccc2Cl)n1.CC(C)(c1cc(-c2ccc(-c3cccc(S(C)(=O)=O)c3)s2)n(-c2ccccc2Cl)n1)N1CCCC1. The number of para-hydroxylation sites is 2. The molecule has 10 nitrogen and oxygen atoms in total. The van der Waals surface area contributed by atoms with Crippen molar-refractivity contribution in [2.45, 2.75) is 61.4 Å². The van der Waals surface area contributed by atoms with Gasteiger partial charge in [-0.3, -0.25) is 4.90 Å². The number of likely N-dealkylation sites (tertiary alicyclic amines) is 1. The lowest BCUT2D eigenvalue weighted by Gasteiger charge is -2.33. The number of hydrogen-bond acceptors (Lipinski definition) is 10.